The largest absolute Gasteiger partial charge is 0.508 e. The molecular formula is C14H18N2O2. The van der Waals surface area contributed by atoms with Crippen molar-refractivity contribution < 1.29 is 9.90 Å². The maximum Gasteiger partial charge on any atom is 0.271 e. The molecule has 0 heterocycles. The first kappa shape index (κ1) is 12.6. The van der Waals surface area contributed by atoms with Crippen molar-refractivity contribution in [3.8, 4) is 5.75 Å². The third-order valence-corrected chi connectivity index (χ3v) is 3.32. The summed E-state index contributed by atoms with van der Waals surface area (Å²) in [5.74, 6) is 0.373. The SMILES string of the molecule is CC1CCCCC1=NNC(=O)c1ccc(O)cc1. The topological polar surface area (TPSA) is 61.7 Å². The third kappa shape index (κ3) is 3.09. The van der Waals surface area contributed by atoms with Gasteiger partial charge in [-0.1, -0.05) is 13.3 Å². The Labute approximate surface area is 107 Å². The number of nitrogens with one attached hydrogen (secondary N) is 1. The lowest BCUT2D eigenvalue weighted by molar-refractivity contribution is 0.0954. The van der Waals surface area contributed by atoms with Gasteiger partial charge in [-0.15, -0.1) is 0 Å². The van der Waals surface area contributed by atoms with E-state index in [4.69, 9.17) is 5.11 Å². The van der Waals surface area contributed by atoms with Crippen LogP contribution in [0, 0.1) is 5.92 Å². The molecule has 2 rings (SSSR count). The normalized spacial score (nSPS) is 21.8. The van der Waals surface area contributed by atoms with Gasteiger partial charge in [-0.2, -0.15) is 5.10 Å². The first-order valence-electron chi connectivity index (χ1n) is 6.32. The predicted molar refractivity (Wildman–Crippen MR) is 70.6 cm³/mol. The van der Waals surface area contributed by atoms with E-state index in [2.05, 4.69) is 17.5 Å². The van der Waals surface area contributed by atoms with Crippen molar-refractivity contribution in [2.45, 2.75) is 32.6 Å². The van der Waals surface area contributed by atoms with Crippen LogP contribution in [0.25, 0.3) is 0 Å². The Balaban J connectivity index is 1.99. The molecule has 0 aromatic heterocycles. The minimum Gasteiger partial charge on any atom is -0.508 e. The molecule has 96 valence electrons. The van der Waals surface area contributed by atoms with Crippen molar-refractivity contribution in [3.05, 3.63) is 29.8 Å². The van der Waals surface area contributed by atoms with E-state index in [1.165, 1.54) is 18.6 Å². The van der Waals surface area contributed by atoms with E-state index in [-0.39, 0.29) is 11.7 Å². The minimum atomic E-state index is -0.236. The van der Waals surface area contributed by atoms with Gasteiger partial charge in [0.2, 0.25) is 0 Å². The van der Waals surface area contributed by atoms with E-state index in [9.17, 15) is 4.79 Å². The van der Waals surface area contributed by atoms with E-state index in [1.54, 1.807) is 12.1 Å². The third-order valence-electron chi connectivity index (χ3n) is 3.32. The summed E-state index contributed by atoms with van der Waals surface area (Å²) in [6.45, 7) is 2.14. The molecule has 4 nitrogen and oxygen atoms in total. The van der Waals surface area contributed by atoms with Crippen molar-refractivity contribution in [2.24, 2.45) is 11.0 Å². The molecule has 0 spiro atoms. The van der Waals surface area contributed by atoms with Gasteiger partial charge >= 0.3 is 0 Å². The Kier molecular flexibility index (Phi) is 3.97. The Morgan fingerprint density at radius 3 is 2.72 bits per heavy atom. The lowest BCUT2D eigenvalue weighted by Crippen LogP contribution is -2.24. The van der Waals surface area contributed by atoms with E-state index < -0.39 is 0 Å². The smallest absolute Gasteiger partial charge is 0.271 e. The highest BCUT2D eigenvalue weighted by Crippen LogP contribution is 2.20. The molecule has 1 aromatic carbocycles. The van der Waals surface area contributed by atoms with Crippen molar-refractivity contribution in [1.29, 1.82) is 0 Å². The van der Waals surface area contributed by atoms with Crippen LogP contribution in [0.1, 0.15) is 43.0 Å². The van der Waals surface area contributed by atoms with Crippen LogP contribution in [0.4, 0.5) is 0 Å². The van der Waals surface area contributed by atoms with Crippen LogP contribution in [-0.4, -0.2) is 16.7 Å². The van der Waals surface area contributed by atoms with Gasteiger partial charge in [-0.25, -0.2) is 5.43 Å². The molecule has 0 bridgehead atoms. The minimum absolute atomic E-state index is 0.152. The molecule has 0 aliphatic heterocycles. The Hall–Kier alpha value is -1.84. The van der Waals surface area contributed by atoms with Crippen molar-refractivity contribution in [2.75, 3.05) is 0 Å². The molecule has 1 atom stereocenters. The predicted octanol–water partition coefficient (Wildman–Crippen LogP) is 2.69. The van der Waals surface area contributed by atoms with Gasteiger partial charge in [0.15, 0.2) is 0 Å². The van der Waals surface area contributed by atoms with Crippen LogP contribution in [0.5, 0.6) is 5.75 Å². The van der Waals surface area contributed by atoms with Gasteiger partial charge in [0.05, 0.1) is 0 Å². The van der Waals surface area contributed by atoms with Crippen molar-refractivity contribution in [3.63, 3.8) is 0 Å². The summed E-state index contributed by atoms with van der Waals surface area (Å²) in [7, 11) is 0. The maximum atomic E-state index is 11.8. The number of carbonyl (C=O) groups is 1. The first-order chi connectivity index (χ1) is 8.66. The van der Waals surface area contributed by atoms with Crippen LogP contribution in [0.3, 0.4) is 0 Å². The summed E-state index contributed by atoms with van der Waals surface area (Å²) in [6, 6.07) is 6.14. The van der Waals surface area contributed by atoms with Crippen LogP contribution >= 0.6 is 0 Å². The lowest BCUT2D eigenvalue weighted by Gasteiger charge is -2.19. The molecule has 1 saturated carbocycles. The second-order valence-corrected chi connectivity index (χ2v) is 4.74. The fourth-order valence-corrected chi connectivity index (χ4v) is 2.14. The molecule has 1 fully saturated rings. The zero-order valence-electron chi connectivity index (χ0n) is 10.5. The summed E-state index contributed by atoms with van der Waals surface area (Å²) in [4.78, 5) is 11.8. The van der Waals surface area contributed by atoms with Gasteiger partial charge in [0.25, 0.3) is 5.91 Å². The molecule has 1 aliphatic rings. The number of phenolic OH excluding ortho intramolecular Hbond substituents is 1. The van der Waals surface area contributed by atoms with Crippen LogP contribution in [-0.2, 0) is 0 Å². The summed E-state index contributed by atoms with van der Waals surface area (Å²) in [6.07, 6.45) is 4.51. The molecule has 1 unspecified atom stereocenters. The molecular weight excluding hydrogens is 228 g/mol. The second kappa shape index (κ2) is 5.67. The quantitative estimate of drug-likeness (QED) is 0.788. The average Bonchev–Trinajstić information content (AvgIpc) is 2.38. The summed E-state index contributed by atoms with van der Waals surface area (Å²) in [5.41, 5.74) is 4.16. The highest BCUT2D eigenvalue weighted by molar-refractivity contribution is 5.95. The first-order valence-corrected chi connectivity index (χ1v) is 6.32. The van der Waals surface area contributed by atoms with Gasteiger partial charge < -0.3 is 5.11 Å². The van der Waals surface area contributed by atoms with Gasteiger partial charge in [-0.05, 0) is 49.4 Å². The Morgan fingerprint density at radius 2 is 2.06 bits per heavy atom. The van der Waals surface area contributed by atoms with Gasteiger partial charge in [-0.3, -0.25) is 4.79 Å². The molecule has 18 heavy (non-hydrogen) atoms. The monoisotopic (exact) mass is 246 g/mol. The maximum absolute atomic E-state index is 11.8. The van der Waals surface area contributed by atoms with E-state index >= 15 is 0 Å². The number of benzene rings is 1. The number of rotatable bonds is 2. The zero-order chi connectivity index (χ0) is 13.0. The van der Waals surface area contributed by atoms with Crippen LogP contribution < -0.4 is 5.43 Å². The number of hydrogen-bond donors (Lipinski definition) is 2. The number of nitrogens with zero attached hydrogens (tertiary/aromatic N) is 1. The standard InChI is InChI=1S/C14H18N2O2/c1-10-4-2-3-5-13(10)15-16-14(18)11-6-8-12(17)9-7-11/h6-10,17H,2-5H2,1H3,(H,16,18). The second-order valence-electron chi connectivity index (χ2n) is 4.74. The fraction of sp³-hybridized carbons (Fsp3) is 0.429. The van der Waals surface area contributed by atoms with Gasteiger partial charge in [0, 0.05) is 11.3 Å². The van der Waals surface area contributed by atoms with E-state index in [1.807, 2.05) is 0 Å². The summed E-state index contributed by atoms with van der Waals surface area (Å²) >= 11 is 0. The molecule has 2 N–H and O–H groups in total. The molecule has 4 heteroatoms. The fourth-order valence-electron chi connectivity index (χ4n) is 2.14. The molecule has 0 radical (unpaired) electrons. The van der Waals surface area contributed by atoms with E-state index in [0.29, 0.717) is 11.5 Å². The number of hydrogen-bond acceptors (Lipinski definition) is 3. The van der Waals surface area contributed by atoms with E-state index in [0.717, 1.165) is 25.0 Å². The number of phenols is 1. The van der Waals surface area contributed by atoms with Crippen LogP contribution in [0.2, 0.25) is 0 Å². The number of amides is 1. The van der Waals surface area contributed by atoms with Crippen molar-refractivity contribution in [1.82, 2.24) is 5.43 Å². The van der Waals surface area contributed by atoms with Crippen molar-refractivity contribution >= 4 is 11.6 Å². The molecule has 1 aromatic rings. The molecule has 0 saturated heterocycles. The number of aromatic hydroxyl groups is 1. The zero-order valence-corrected chi connectivity index (χ0v) is 10.5. The van der Waals surface area contributed by atoms with Crippen LogP contribution in [0.15, 0.2) is 29.4 Å². The molecule has 1 aliphatic carbocycles. The lowest BCUT2D eigenvalue weighted by atomic mass is 9.89. The highest BCUT2D eigenvalue weighted by Gasteiger charge is 2.16. The molecule has 1 amide bonds. The summed E-state index contributed by atoms with van der Waals surface area (Å²) in [5, 5.41) is 13.4. The summed E-state index contributed by atoms with van der Waals surface area (Å²) < 4.78 is 0. The highest BCUT2D eigenvalue weighted by atomic mass is 16.3. The van der Waals surface area contributed by atoms with Gasteiger partial charge in [0.1, 0.15) is 5.75 Å². The Morgan fingerprint density at radius 1 is 1.33 bits per heavy atom. The number of carbonyl (C=O) groups excluding carboxylic acids is 1. The number of hydrazone groups is 1. The Bertz CT molecular complexity index is 451. The average molecular weight is 246 g/mol.